The zero-order valence-electron chi connectivity index (χ0n) is 33.5. The van der Waals surface area contributed by atoms with Crippen LogP contribution in [-0.4, -0.2) is 106 Å². The van der Waals surface area contributed by atoms with E-state index in [0.717, 1.165) is 25.7 Å². The van der Waals surface area contributed by atoms with Gasteiger partial charge >= 0.3 is 11.9 Å². The van der Waals surface area contributed by atoms with Crippen LogP contribution < -0.4 is 0 Å². The predicted octanol–water partition coefficient (Wildman–Crippen LogP) is 6.20. The highest BCUT2D eigenvalue weighted by atomic mass is 32.1. The van der Waals surface area contributed by atoms with E-state index in [4.69, 9.17) is 33.2 Å². The summed E-state index contributed by atoms with van der Waals surface area (Å²) in [5, 5.41) is 34.6. The average Bonchev–Trinajstić information content (AvgIpc) is 3.95. The number of esters is 1. The van der Waals surface area contributed by atoms with Crippen molar-refractivity contribution >= 4 is 23.3 Å². The summed E-state index contributed by atoms with van der Waals surface area (Å²) in [7, 11) is 1.52. The minimum Gasteiger partial charge on any atom is -0.481 e. The van der Waals surface area contributed by atoms with E-state index in [1.807, 2.05) is 26.2 Å². The summed E-state index contributed by atoms with van der Waals surface area (Å²) in [6.07, 6.45) is 2.54. The molecule has 1 aromatic rings. The number of ether oxygens (including phenoxy) is 7. The summed E-state index contributed by atoms with van der Waals surface area (Å²) in [5.74, 6) is -5.30. The normalized spacial score (nSPS) is 45.7. The summed E-state index contributed by atoms with van der Waals surface area (Å²) in [6.45, 7) is 15.7. The minimum atomic E-state index is -1.63. The molecule has 1 aromatic heterocycles. The molecule has 12 nitrogen and oxygen atoms in total. The monoisotopic (exact) mass is 780 g/mol. The van der Waals surface area contributed by atoms with Gasteiger partial charge in [0.25, 0.3) is 0 Å². The van der Waals surface area contributed by atoms with Gasteiger partial charge in [-0.15, -0.1) is 11.3 Å². The Hall–Kier alpha value is -1.68. The standard InChI is InChI=1S/C41H64O12S/c1-10-39(35-23(3)19-29(49-35)32-22(2)18-24(4)41(46,52-32)21-48-37(45)30-12-11-17-54-30)14-13-31(50-39)38(8)15-16-40(53-38)20-28(42)25(5)34(51-40)26(6)33(47-9)27(7)36(43)44/h11-12,17,22-29,31-35,42,46H,10,13-16,18-21H2,1-9H3,(H,43,44)/t22-,23-,24+,25+,26-,27-,28-,29+,31+,32-,33+,34-,35+,38-,39-,40+,41-/m0/s1. The lowest BCUT2D eigenvalue weighted by Crippen LogP contribution is -2.57. The van der Waals surface area contributed by atoms with Gasteiger partial charge in [-0.25, -0.2) is 4.79 Å². The van der Waals surface area contributed by atoms with Gasteiger partial charge in [0, 0.05) is 37.7 Å². The van der Waals surface area contributed by atoms with Crippen molar-refractivity contribution in [3.63, 3.8) is 0 Å². The van der Waals surface area contributed by atoms with Crippen molar-refractivity contribution in [2.75, 3.05) is 13.7 Å². The maximum atomic E-state index is 12.6. The number of carbonyl (C=O) groups is 2. The van der Waals surface area contributed by atoms with Crippen molar-refractivity contribution in [1.29, 1.82) is 0 Å². The smallest absolute Gasteiger partial charge is 0.348 e. The second-order valence-corrected chi connectivity index (χ2v) is 18.6. The van der Waals surface area contributed by atoms with Crippen molar-refractivity contribution in [3.05, 3.63) is 22.4 Å². The number of hydrogen-bond donors (Lipinski definition) is 3. The lowest BCUT2D eigenvalue weighted by atomic mass is 9.78. The molecule has 1 spiro atoms. The molecule has 54 heavy (non-hydrogen) atoms. The minimum absolute atomic E-state index is 0.118. The first-order valence-electron chi connectivity index (χ1n) is 20.2. The van der Waals surface area contributed by atoms with E-state index in [2.05, 4.69) is 27.7 Å². The van der Waals surface area contributed by atoms with Gasteiger partial charge in [0.1, 0.15) is 11.5 Å². The summed E-state index contributed by atoms with van der Waals surface area (Å²) >= 11 is 1.30. The lowest BCUT2D eigenvalue weighted by molar-refractivity contribution is -0.336. The first-order valence-corrected chi connectivity index (χ1v) is 21.0. The van der Waals surface area contributed by atoms with E-state index in [-0.39, 0.29) is 60.6 Å². The maximum Gasteiger partial charge on any atom is 0.348 e. The summed E-state index contributed by atoms with van der Waals surface area (Å²) in [5.41, 5.74) is -1.22. The quantitative estimate of drug-likeness (QED) is 0.207. The van der Waals surface area contributed by atoms with Gasteiger partial charge in [-0.3, -0.25) is 4.79 Å². The van der Waals surface area contributed by atoms with E-state index in [0.29, 0.717) is 30.6 Å². The molecule has 13 heteroatoms. The highest BCUT2D eigenvalue weighted by Gasteiger charge is 2.62. The van der Waals surface area contributed by atoms with Gasteiger partial charge < -0.3 is 48.5 Å². The number of aliphatic hydroxyl groups excluding tert-OH is 1. The first-order chi connectivity index (χ1) is 25.4. The largest absolute Gasteiger partial charge is 0.481 e. The topological polar surface area (TPSA) is 159 Å². The summed E-state index contributed by atoms with van der Waals surface area (Å²) < 4.78 is 45.5. The number of hydrogen-bond acceptors (Lipinski definition) is 12. The number of thiophene rings is 1. The van der Waals surface area contributed by atoms with Crippen LogP contribution in [0, 0.1) is 35.5 Å². The van der Waals surface area contributed by atoms with E-state index in [9.17, 15) is 24.9 Å². The number of aliphatic carboxylic acids is 1. The van der Waals surface area contributed by atoms with Crippen LogP contribution in [0.1, 0.15) is 116 Å². The number of aliphatic hydroxyl groups is 2. The van der Waals surface area contributed by atoms with E-state index in [1.165, 1.54) is 18.4 Å². The molecule has 0 unspecified atom stereocenters. The number of carboxylic acid groups (broad SMARTS) is 1. The third-order valence-electron chi connectivity index (χ3n) is 14.0. The number of carbonyl (C=O) groups excluding carboxylic acids is 1. The zero-order valence-corrected chi connectivity index (χ0v) is 34.3. The van der Waals surface area contributed by atoms with Crippen LogP contribution in [0.15, 0.2) is 17.5 Å². The Balaban J connectivity index is 1.12. The fraction of sp³-hybridized carbons (Fsp3) is 0.854. The van der Waals surface area contributed by atoms with Gasteiger partial charge in [-0.2, -0.15) is 0 Å². The predicted molar refractivity (Wildman–Crippen MR) is 200 cm³/mol. The summed E-state index contributed by atoms with van der Waals surface area (Å²) in [6, 6.07) is 3.49. The molecule has 5 aliphatic heterocycles. The number of carboxylic acids is 1. The average molecular weight is 781 g/mol. The molecule has 0 saturated carbocycles. The Kier molecular flexibility index (Phi) is 12.4. The Morgan fingerprint density at radius 1 is 1.06 bits per heavy atom. The molecule has 0 amide bonds. The van der Waals surface area contributed by atoms with Crippen molar-refractivity contribution in [1.82, 2.24) is 0 Å². The lowest BCUT2D eigenvalue weighted by Gasteiger charge is -2.49. The molecular formula is C41H64O12S. The van der Waals surface area contributed by atoms with Gasteiger partial charge in [0.05, 0.1) is 59.8 Å². The van der Waals surface area contributed by atoms with Crippen LogP contribution >= 0.6 is 11.3 Å². The number of rotatable bonds is 12. The molecule has 5 saturated heterocycles. The molecule has 0 radical (unpaired) electrons. The Morgan fingerprint density at radius 2 is 1.80 bits per heavy atom. The maximum absolute atomic E-state index is 12.6. The highest BCUT2D eigenvalue weighted by molar-refractivity contribution is 7.11. The summed E-state index contributed by atoms with van der Waals surface area (Å²) in [4.78, 5) is 25.0. The van der Waals surface area contributed by atoms with Crippen LogP contribution in [0.3, 0.4) is 0 Å². The number of methoxy groups -OCH3 is 1. The van der Waals surface area contributed by atoms with E-state index >= 15 is 0 Å². The molecule has 17 atom stereocenters. The van der Waals surface area contributed by atoms with Gasteiger partial charge in [-0.05, 0) is 75.7 Å². The van der Waals surface area contributed by atoms with Crippen LogP contribution in [0.2, 0.25) is 0 Å². The SMILES string of the molecule is CC[C@@]1([C@@H]2O[C@@H]([C@H]3O[C@@](O)(COC(=O)c4cccs4)[C@H](C)C[C@@H]3C)C[C@@H]2C)CC[C@H]([C@]2(C)CC[C@]3(C[C@H](O)[C@@H](C)[C@@H]([C@@H](C)[C@@H](OC)[C@H](C)C(=O)O)O3)O2)O1. The first kappa shape index (κ1) is 41.9. The van der Waals surface area contributed by atoms with Crippen molar-refractivity contribution in [3.8, 4) is 0 Å². The molecule has 306 valence electrons. The second-order valence-electron chi connectivity index (χ2n) is 17.7. The molecule has 0 bridgehead atoms. The molecule has 0 aliphatic carbocycles. The van der Waals surface area contributed by atoms with Crippen molar-refractivity contribution in [2.24, 2.45) is 35.5 Å². The fourth-order valence-corrected chi connectivity index (χ4v) is 11.1. The molecule has 6 heterocycles. The van der Waals surface area contributed by atoms with E-state index in [1.54, 1.807) is 19.1 Å². The molecular weight excluding hydrogens is 717 g/mol. The highest BCUT2D eigenvalue weighted by Crippen LogP contribution is 2.55. The Labute approximate surface area is 324 Å². The molecule has 5 fully saturated rings. The van der Waals surface area contributed by atoms with Crippen LogP contribution in [0.5, 0.6) is 0 Å². The van der Waals surface area contributed by atoms with Crippen LogP contribution in [0.25, 0.3) is 0 Å². The zero-order chi connectivity index (χ0) is 39.4. The molecule has 6 rings (SSSR count). The van der Waals surface area contributed by atoms with Gasteiger partial charge in [0.15, 0.2) is 5.79 Å². The molecule has 0 aromatic carbocycles. The van der Waals surface area contributed by atoms with Crippen molar-refractivity contribution in [2.45, 2.75) is 172 Å². The Bertz CT molecular complexity index is 1460. The third kappa shape index (κ3) is 7.79. The van der Waals surface area contributed by atoms with E-state index < -0.39 is 58.9 Å². The molecule has 3 N–H and O–H groups in total. The fourth-order valence-electron chi connectivity index (χ4n) is 10.5. The third-order valence-corrected chi connectivity index (χ3v) is 14.8. The van der Waals surface area contributed by atoms with Gasteiger partial charge in [-0.1, -0.05) is 47.6 Å². The van der Waals surface area contributed by atoms with Crippen molar-refractivity contribution < 1.29 is 58.1 Å². The van der Waals surface area contributed by atoms with Crippen LogP contribution in [-0.2, 0) is 38.0 Å². The second kappa shape index (κ2) is 15.9. The Morgan fingerprint density at radius 3 is 2.44 bits per heavy atom. The van der Waals surface area contributed by atoms with Gasteiger partial charge in [0.2, 0.25) is 5.79 Å². The van der Waals surface area contributed by atoms with Crippen LogP contribution in [0.4, 0.5) is 0 Å². The molecule has 5 aliphatic rings.